The lowest BCUT2D eigenvalue weighted by Gasteiger charge is -2.06. The highest BCUT2D eigenvalue weighted by atomic mass is 32.2. The minimum Gasteiger partial charge on any atom is -0.475 e. The maximum atomic E-state index is 12.0. The molecule has 1 aromatic heterocycles. The number of carbonyl (C=O) groups is 2. The van der Waals surface area contributed by atoms with Crippen molar-refractivity contribution in [1.82, 2.24) is 0 Å². The van der Waals surface area contributed by atoms with Crippen LogP contribution in [0.1, 0.15) is 20.9 Å². The second kappa shape index (κ2) is 5.29. The van der Waals surface area contributed by atoms with Crippen molar-refractivity contribution in [3.05, 3.63) is 47.7 Å². The summed E-state index contributed by atoms with van der Waals surface area (Å²) in [7, 11) is -4.10. The first kappa shape index (κ1) is 14.6. The Labute approximate surface area is 119 Å². The number of rotatable bonds is 5. The predicted molar refractivity (Wildman–Crippen MR) is 71.4 cm³/mol. The number of hydrogen-bond acceptors (Lipinski definition) is 5. The number of benzene rings is 1. The van der Waals surface area contributed by atoms with Crippen LogP contribution in [-0.2, 0) is 10.0 Å². The zero-order chi connectivity index (χ0) is 15.6. The van der Waals surface area contributed by atoms with E-state index in [0.29, 0.717) is 0 Å². The molecule has 1 heterocycles. The normalized spacial score (nSPS) is 11.0. The summed E-state index contributed by atoms with van der Waals surface area (Å²) in [6.07, 6.45) is 0. The summed E-state index contributed by atoms with van der Waals surface area (Å²) >= 11 is 0. The molecule has 1 aromatic carbocycles. The molecule has 0 aliphatic heterocycles. The number of amides is 1. The molecule has 21 heavy (non-hydrogen) atoms. The minimum atomic E-state index is -4.10. The van der Waals surface area contributed by atoms with Gasteiger partial charge in [-0.3, -0.25) is 9.52 Å². The molecule has 0 saturated heterocycles. The molecule has 0 radical (unpaired) electrons. The smallest absolute Gasteiger partial charge is 0.371 e. The van der Waals surface area contributed by atoms with Gasteiger partial charge in [0, 0.05) is 11.3 Å². The molecule has 0 aliphatic carbocycles. The monoisotopic (exact) mass is 310 g/mol. The predicted octanol–water partition coefficient (Wildman–Crippen LogP) is 0.878. The van der Waals surface area contributed by atoms with Crippen molar-refractivity contribution in [3.63, 3.8) is 0 Å². The van der Waals surface area contributed by atoms with Gasteiger partial charge in [0.25, 0.3) is 10.0 Å². The van der Waals surface area contributed by atoms with Crippen LogP contribution in [-0.4, -0.2) is 25.4 Å². The van der Waals surface area contributed by atoms with Crippen LogP contribution in [0.5, 0.6) is 0 Å². The molecule has 8 nitrogen and oxygen atoms in total. The van der Waals surface area contributed by atoms with Crippen LogP contribution in [0.2, 0.25) is 0 Å². The molecule has 9 heteroatoms. The van der Waals surface area contributed by atoms with E-state index in [2.05, 4.69) is 4.72 Å². The van der Waals surface area contributed by atoms with E-state index < -0.39 is 32.8 Å². The van der Waals surface area contributed by atoms with Gasteiger partial charge in [-0.25, -0.2) is 4.79 Å². The van der Waals surface area contributed by atoms with Crippen LogP contribution < -0.4 is 10.5 Å². The number of nitrogens with one attached hydrogen (secondary N) is 1. The van der Waals surface area contributed by atoms with Crippen LogP contribution in [0.25, 0.3) is 0 Å². The van der Waals surface area contributed by atoms with Gasteiger partial charge in [-0.2, -0.15) is 8.42 Å². The number of carboxylic acid groups (broad SMARTS) is 1. The van der Waals surface area contributed by atoms with E-state index in [1.165, 1.54) is 24.3 Å². The van der Waals surface area contributed by atoms with Gasteiger partial charge in [-0.1, -0.05) is 6.07 Å². The molecule has 0 atom stereocenters. The van der Waals surface area contributed by atoms with Gasteiger partial charge in [0.15, 0.2) is 0 Å². The minimum absolute atomic E-state index is 0.0968. The first-order valence-electron chi connectivity index (χ1n) is 5.55. The SMILES string of the molecule is NC(=O)c1cccc(NS(=O)(=O)c2ccc(C(=O)O)o2)c1. The lowest BCUT2D eigenvalue weighted by atomic mass is 10.2. The highest BCUT2D eigenvalue weighted by Gasteiger charge is 2.21. The fraction of sp³-hybridized carbons (Fsp3) is 0. The van der Waals surface area contributed by atoms with E-state index in [1.54, 1.807) is 0 Å². The zero-order valence-electron chi connectivity index (χ0n) is 10.4. The first-order chi connectivity index (χ1) is 9.79. The second-order valence-corrected chi connectivity index (χ2v) is 5.59. The third-order valence-corrected chi connectivity index (χ3v) is 3.71. The van der Waals surface area contributed by atoms with Crippen molar-refractivity contribution in [2.45, 2.75) is 5.09 Å². The summed E-state index contributed by atoms with van der Waals surface area (Å²) in [6, 6.07) is 7.57. The third kappa shape index (κ3) is 3.20. The van der Waals surface area contributed by atoms with Gasteiger partial charge in [0.2, 0.25) is 16.8 Å². The van der Waals surface area contributed by atoms with Crippen molar-refractivity contribution in [1.29, 1.82) is 0 Å². The highest BCUT2D eigenvalue weighted by Crippen LogP contribution is 2.19. The molecule has 4 N–H and O–H groups in total. The largest absolute Gasteiger partial charge is 0.475 e. The number of anilines is 1. The van der Waals surface area contributed by atoms with Gasteiger partial charge < -0.3 is 15.3 Å². The van der Waals surface area contributed by atoms with E-state index in [9.17, 15) is 18.0 Å². The van der Waals surface area contributed by atoms with Crippen molar-refractivity contribution in [2.75, 3.05) is 4.72 Å². The van der Waals surface area contributed by atoms with Gasteiger partial charge in [-0.15, -0.1) is 0 Å². The number of hydrogen-bond donors (Lipinski definition) is 3. The lowest BCUT2D eigenvalue weighted by Crippen LogP contribution is -2.14. The number of aromatic carboxylic acids is 1. The molecule has 2 rings (SSSR count). The Kier molecular flexibility index (Phi) is 3.68. The average molecular weight is 310 g/mol. The number of carbonyl (C=O) groups excluding carboxylic acids is 1. The van der Waals surface area contributed by atoms with Crippen molar-refractivity contribution in [3.8, 4) is 0 Å². The maximum Gasteiger partial charge on any atom is 0.371 e. The summed E-state index contributed by atoms with van der Waals surface area (Å²) in [5.41, 5.74) is 5.32. The molecule has 110 valence electrons. The van der Waals surface area contributed by atoms with Gasteiger partial charge in [-0.05, 0) is 30.3 Å². The second-order valence-electron chi connectivity index (χ2n) is 3.97. The van der Waals surface area contributed by atoms with E-state index in [0.717, 1.165) is 12.1 Å². The number of nitrogens with two attached hydrogens (primary N) is 1. The fourth-order valence-corrected chi connectivity index (χ4v) is 2.51. The first-order valence-corrected chi connectivity index (χ1v) is 7.04. The van der Waals surface area contributed by atoms with Crippen molar-refractivity contribution >= 4 is 27.6 Å². The standard InChI is InChI=1S/C12H10N2O6S/c13-11(15)7-2-1-3-8(6-7)14-21(18,19)10-5-4-9(20-10)12(16)17/h1-6,14H,(H2,13,15)(H,16,17). The number of carboxylic acids is 1. The lowest BCUT2D eigenvalue weighted by molar-refractivity contribution is 0.0656. The molecule has 0 bridgehead atoms. The topological polar surface area (TPSA) is 140 Å². The van der Waals surface area contributed by atoms with Gasteiger partial charge in [0.05, 0.1) is 0 Å². The fourth-order valence-electron chi connectivity index (χ4n) is 1.52. The van der Waals surface area contributed by atoms with Crippen molar-refractivity contribution in [2.24, 2.45) is 5.73 Å². The van der Waals surface area contributed by atoms with Crippen LogP contribution in [0.4, 0.5) is 5.69 Å². The number of sulfonamides is 1. The van der Waals surface area contributed by atoms with Crippen molar-refractivity contribution < 1.29 is 27.5 Å². The molecule has 0 fully saturated rings. The summed E-state index contributed by atoms with van der Waals surface area (Å²) in [5.74, 6) is -2.59. The molecule has 0 aliphatic rings. The van der Waals surface area contributed by atoms with Gasteiger partial charge >= 0.3 is 5.97 Å². The summed E-state index contributed by atoms with van der Waals surface area (Å²) in [6.45, 7) is 0. The summed E-state index contributed by atoms with van der Waals surface area (Å²) in [4.78, 5) is 21.7. The Morgan fingerprint density at radius 2 is 1.90 bits per heavy atom. The highest BCUT2D eigenvalue weighted by molar-refractivity contribution is 7.92. The molecule has 0 saturated carbocycles. The molecule has 2 aromatic rings. The molecular formula is C12H10N2O6S. The van der Waals surface area contributed by atoms with Crippen LogP contribution in [0.3, 0.4) is 0 Å². The zero-order valence-corrected chi connectivity index (χ0v) is 11.3. The maximum absolute atomic E-state index is 12.0. The Hall–Kier alpha value is -2.81. The van der Waals surface area contributed by atoms with Crippen LogP contribution in [0.15, 0.2) is 45.9 Å². The third-order valence-electron chi connectivity index (χ3n) is 2.46. The molecular weight excluding hydrogens is 300 g/mol. The molecule has 0 spiro atoms. The Bertz CT molecular complexity index is 809. The van der Waals surface area contributed by atoms with E-state index in [-0.39, 0.29) is 11.3 Å². The van der Waals surface area contributed by atoms with E-state index >= 15 is 0 Å². The Morgan fingerprint density at radius 1 is 1.19 bits per heavy atom. The number of furan rings is 1. The Balaban J connectivity index is 2.30. The van der Waals surface area contributed by atoms with E-state index in [1.807, 2.05) is 0 Å². The average Bonchev–Trinajstić information content (AvgIpc) is 2.89. The number of primary amides is 1. The molecule has 0 unspecified atom stereocenters. The Morgan fingerprint density at radius 3 is 2.48 bits per heavy atom. The van der Waals surface area contributed by atoms with Crippen LogP contribution in [0, 0.1) is 0 Å². The summed E-state index contributed by atoms with van der Waals surface area (Å²) < 4.78 is 30.9. The summed E-state index contributed by atoms with van der Waals surface area (Å²) in [5, 5.41) is 8.14. The van der Waals surface area contributed by atoms with Crippen LogP contribution >= 0.6 is 0 Å². The van der Waals surface area contributed by atoms with E-state index in [4.69, 9.17) is 15.3 Å². The molecule has 1 amide bonds. The quantitative estimate of drug-likeness (QED) is 0.748. The van der Waals surface area contributed by atoms with Gasteiger partial charge in [0.1, 0.15) is 0 Å².